The van der Waals surface area contributed by atoms with E-state index < -0.39 is 0 Å². The first kappa shape index (κ1) is 9.53. The van der Waals surface area contributed by atoms with Gasteiger partial charge in [-0.15, -0.1) is 0 Å². The molecule has 4 heteroatoms. The second kappa shape index (κ2) is 4.01. The first-order chi connectivity index (χ1) is 6.77. The van der Waals surface area contributed by atoms with Gasteiger partial charge in [-0.25, -0.2) is 0 Å². The van der Waals surface area contributed by atoms with E-state index in [0.29, 0.717) is 5.92 Å². The van der Waals surface area contributed by atoms with E-state index in [0.717, 1.165) is 31.5 Å². The molecule has 2 heterocycles. The van der Waals surface area contributed by atoms with Crippen LogP contribution in [0.2, 0.25) is 0 Å². The van der Waals surface area contributed by atoms with Gasteiger partial charge in [0.25, 0.3) is 5.56 Å². The molecule has 1 N–H and O–H groups in total. The molecular weight excluding hydrogens is 175 g/mol. The quantitative estimate of drug-likeness (QED) is 0.656. The van der Waals surface area contributed by atoms with Crippen LogP contribution in [0.5, 0.6) is 0 Å². The first-order valence-corrected chi connectivity index (χ1v) is 4.94. The molecular formula is C10H13BN2O. The summed E-state index contributed by atoms with van der Waals surface area (Å²) in [7, 11) is 5.66. The molecule has 0 aromatic carbocycles. The lowest BCUT2D eigenvalue weighted by molar-refractivity contribution is 0.333. The van der Waals surface area contributed by atoms with E-state index in [-0.39, 0.29) is 5.56 Å². The standard InChI is InChI=1S/C10H13BN2O/c11-13-6-3-8(4-7-13)9-2-1-5-12-10(9)14/h1-2,5,8H,3-4,6-7H2,(H,12,14). The fourth-order valence-electron chi connectivity index (χ4n) is 1.97. The SMILES string of the molecule is [B]N1CCC(c2ccc[nH]c2=O)CC1. The van der Waals surface area contributed by atoms with Gasteiger partial charge in [-0.3, -0.25) is 4.79 Å². The van der Waals surface area contributed by atoms with Gasteiger partial charge < -0.3 is 9.79 Å². The normalized spacial score (nSPS) is 19.7. The Labute approximate surface area is 84.6 Å². The Bertz CT molecular complexity index is 355. The van der Waals surface area contributed by atoms with Crippen LogP contribution in [-0.4, -0.2) is 30.9 Å². The van der Waals surface area contributed by atoms with E-state index in [4.69, 9.17) is 7.98 Å². The molecule has 1 aromatic heterocycles. The summed E-state index contributed by atoms with van der Waals surface area (Å²) in [6.07, 6.45) is 3.62. The highest BCUT2D eigenvalue weighted by Crippen LogP contribution is 2.24. The van der Waals surface area contributed by atoms with Gasteiger partial charge in [0.1, 0.15) is 0 Å². The van der Waals surface area contributed by atoms with Crippen molar-refractivity contribution in [2.24, 2.45) is 0 Å². The predicted molar refractivity (Wildman–Crippen MR) is 56.4 cm³/mol. The van der Waals surface area contributed by atoms with Crippen molar-refractivity contribution in [3.63, 3.8) is 0 Å². The van der Waals surface area contributed by atoms with Crippen molar-refractivity contribution in [1.82, 2.24) is 9.79 Å². The van der Waals surface area contributed by atoms with Gasteiger partial charge in [-0.1, -0.05) is 6.07 Å². The van der Waals surface area contributed by atoms with Crippen LogP contribution in [0.15, 0.2) is 23.1 Å². The Balaban J connectivity index is 2.16. The van der Waals surface area contributed by atoms with E-state index in [1.807, 2.05) is 16.9 Å². The number of pyridine rings is 1. The molecule has 0 aliphatic carbocycles. The molecule has 1 fully saturated rings. The average Bonchev–Trinajstić information content (AvgIpc) is 2.20. The molecule has 1 aromatic rings. The van der Waals surface area contributed by atoms with E-state index >= 15 is 0 Å². The van der Waals surface area contributed by atoms with Crippen LogP contribution in [0, 0.1) is 0 Å². The zero-order valence-corrected chi connectivity index (χ0v) is 8.07. The summed E-state index contributed by atoms with van der Waals surface area (Å²) in [4.78, 5) is 16.0. The van der Waals surface area contributed by atoms with Gasteiger partial charge in [0, 0.05) is 11.8 Å². The number of aromatic nitrogens is 1. The maximum atomic E-state index is 11.5. The topological polar surface area (TPSA) is 36.1 Å². The molecule has 1 aliphatic heterocycles. The van der Waals surface area contributed by atoms with Crippen molar-refractivity contribution in [3.8, 4) is 0 Å². The average molecular weight is 188 g/mol. The first-order valence-electron chi connectivity index (χ1n) is 4.94. The number of piperidine rings is 1. The number of hydrogen-bond acceptors (Lipinski definition) is 2. The maximum Gasteiger partial charge on any atom is 0.251 e. The van der Waals surface area contributed by atoms with Crippen molar-refractivity contribution in [1.29, 1.82) is 0 Å². The second-order valence-corrected chi connectivity index (χ2v) is 3.76. The summed E-state index contributed by atoms with van der Waals surface area (Å²) in [5.41, 5.74) is 0.948. The summed E-state index contributed by atoms with van der Waals surface area (Å²) in [5.74, 6) is 0.375. The highest BCUT2D eigenvalue weighted by Gasteiger charge is 2.19. The van der Waals surface area contributed by atoms with Gasteiger partial charge in [-0.05, 0) is 37.9 Å². The summed E-state index contributed by atoms with van der Waals surface area (Å²) >= 11 is 0. The largest absolute Gasteiger partial charge is 0.353 e. The summed E-state index contributed by atoms with van der Waals surface area (Å²) in [6, 6.07) is 3.79. The van der Waals surface area contributed by atoms with Crippen LogP contribution < -0.4 is 5.56 Å². The molecule has 0 bridgehead atoms. The van der Waals surface area contributed by atoms with E-state index in [1.165, 1.54) is 0 Å². The van der Waals surface area contributed by atoms with Gasteiger partial charge in [-0.2, -0.15) is 0 Å². The van der Waals surface area contributed by atoms with Crippen LogP contribution in [0.1, 0.15) is 24.3 Å². The van der Waals surface area contributed by atoms with Crippen molar-refractivity contribution >= 4 is 7.98 Å². The molecule has 72 valence electrons. The third-order valence-electron chi connectivity index (χ3n) is 2.82. The Hall–Kier alpha value is -1.03. The highest BCUT2D eigenvalue weighted by atomic mass is 16.1. The molecule has 3 nitrogen and oxygen atoms in total. The molecule has 1 aliphatic rings. The number of hydrogen-bond donors (Lipinski definition) is 1. The smallest absolute Gasteiger partial charge is 0.251 e. The molecule has 0 unspecified atom stereocenters. The monoisotopic (exact) mass is 188 g/mol. The van der Waals surface area contributed by atoms with Crippen LogP contribution >= 0.6 is 0 Å². The molecule has 1 saturated heterocycles. The lowest BCUT2D eigenvalue weighted by atomic mass is 9.89. The van der Waals surface area contributed by atoms with Gasteiger partial charge in [0.05, 0.1) is 0 Å². The van der Waals surface area contributed by atoms with E-state index in [9.17, 15) is 4.79 Å². The fourth-order valence-corrected chi connectivity index (χ4v) is 1.97. The Morgan fingerprint density at radius 3 is 2.79 bits per heavy atom. The van der Waals surface area contributed by atoms with Crippen molar-refractivity contribution in [2.75, 3.05) is 13.1 Å². The van der Waals surface area contributed by atoms with Crippen LogP contribution in [0.3, 0.4) is 0 Å². The molecule has 2 radical (unpaired) electrons. The zero-order valence-electron chi connectivity index (χ0n) is 8.07. The lowest BCUT2D eigenvalue weighted by Crippen LogP contribution is -2.32. The van der Waals surface area contributed by atoms with Gasteiger partial charge in [0.2, 0.25) is 0 Å². The van der Waals surface area contributed by atoms with E-state index in [2.05, 4.69) is 4.98 Å². The van der Waals surface area contributed by atoms with Gasteiger partial charge >= 0.3 is 0 Å². The molecule has 0 spiro atoms. The Kier molecular flexibility index (Phi) is 2.73. The number of aromatic amines is 1. The van der Waals surface area contributed by atoms with E-state index in [1.54, 1.807) is 6.20 Å². The predicted octanol–water partition coefficient (Wildman–Crippen LogP) is 0.638. The second-order valence-electron chi connectivity index (χ2n) is 3.76. The van der Waals surface area contributed by atoms with Gasteiger partial charge in [0.15, 0.2) is 7.98 Å². The van der Waals surface area contributed by atoms with Crippen molar-refractivity contribution in [2.45, 2.75) is 18.8 Å². The molecule has 0 amide bonds. The minimum atomic E-state index is 0.0444. The van der Waals surface area contributed by atoms with Crippen LogP contribution in [0.4, 0.5) is 0 Å². The minimum absolute atomic E-state index is 0.0444. The number of rotatable bonds is 1. The fraction of sp³-hybridized carbons (Fsp3) is 0.500. The number of nitrogens with zero attached hydrogens (tertiary/aromatic N) is 1. The lowest BCUT2D eigenvalue weighted by Gasteiger charge is -2.29. The summed E-state index contributed by atoms with van der Waals surface area (Å²) < 4.78 is 0. The minimum Gasteiger partial charge on any atom is -0.353 e. The number of H-pyrrole nitrogens is 1. The maximum absolute atomic E-state index is 11.5. The zero-order chi connectivity index (χ0) is 9.97. The Morgan fingerprint density at radius 1 is 1.43 bits per heavy atom. The summed E-state index contributed by atoms with van der Waals surface area (Å²) in [6.45, 7) is 1.75. The van der Waals surface area contributed by atoms with Crippen LogP contribution in [-0.2, 0) is 0 Å². The summed E-state index contributed by atoms with van der Waals surface area (Å²) in [5, 5.41) is 0. The third-order valence-corrected chi connectivity index (χ3v) is 2.82. The van der Waals surface area contributed by atoms with Crippen molar-refractivity contribution in [3.05, 3.63) is 34.2 Å². The highest BCUT2D eigenvalue weighted by molar-refractivity contribution is 6.04. The number of nitrogens with one attached hydrogen (secondary N) is 1. The molecule has 2 rings (SSSR count). The Morgan fingerprint density at radius 2 is 2.14 bits per heavy atom. The molecule has 14 heavy (non-hydrogen) atoms. The molecule has 0 atom stereocenters. The molecule has 0 saturated carbocycles. The third kappa shape index (κ3) is 1.90. The van der Waals surface area contributed by atoms with Crippen molar-refractivity contribution < 1.29 is 0 Å². The van der Waals surface area contributed by atoms with Crippen LogP contribution in [0.25, 0.3) is 0 Å².